The van der Waals surface area contributed by atoms with Crippen LogP contribution in [0.5, 0.6) is 0 Å². The lowest BCUT2D eigenvalue weighted by molar-refractivity contribution is -0.117. The average molecular weight is 599 g/mol. The first kappa shape index (κ1) is 28.7. The lowest BCUT2D eigenvalue weighted by atomic mass is 9.92. The van der Waals surface area contributed by atoms with E-state index in [0.29, 0.717) is 36.3 Å². The van der Waals surface area contributed by atoms with Gasteiger partial charge in [0.25, 0.3) is 0 Å². The van der Waals surface area contributed by atoms with Crippen LogP contribution in [0.15, 0.2) is 65.6 Å². The molecule has 2 aromatic carbocycles. The Labute approximate surface area is 256 Å². The molecule has 1 saturated heterocycles. The Morgan fingerprint density at radius 3 is 2.77 bits per heavy atom. The highest BCUT2D eigenvalue weighted by atomic mass is 35.5. The number of urea groups is 1. The van der Waals surface area contributed by atoms with Gasteiger partial charge in [-0.1, -0.05) is 23.7 Å². The van der Waals surface area contributed by atoms with Crippen LogP contribution in [0.2, 0.25) is 5.02 Å². The number of carbonyl (C=O) groups excluding carboxylic acids is 2. The number of rotatable bonds is 4. The van der Waals surface area contributed by atoms with Crippen LogP contribution in [-0.4, -0.2) is 46.1 Å². The molecule has 0 aliphatic carbocycles. The standard InChI is InChI=1S/C32H35ClN8O2/c1-20-3-2-4-24(13-20)38-32(43)41-11-9-21(10-12-41)15-29(42)39-28-8-7-25-16-23(28)6-5-22-14-26(18-34-17-22)37-31-35-19-27(33)30(36-25)40-31/h2-4,7-8,13,16-19,21-22H,5-6,9-12,14-15H2,1H3,(H,38,43)(H,39,42)(H2,35,36,37,40). The molecule has 1 atom stereocenters. The van der Waals surface area contributed by atoms with E-state index < -0.39 is 0 Å². The van der Waals surface area contributed by atoms with E-state index in [1.54, 1.807) is 12.4 Å². The first-order valence-electron chi connectivity index (χ1n) is 14.7. The molecule has 3 amide bonds. The average Bonchev–Trinajstić information content (AvgIpc) is 2.99. The quantitative estimate of drug-likeness (QED) is 0.263. The summed E-state index contributed by atoms with van der Waals surface area (Å²) in [6.07, 6.45) is 9.77. The highest BCUT2D eigenvalue weighted by molar-refractivity contribution is 6.32. The number of aromatic nitrogens is 2. The van der Waals surface area contributed by atoms with Crippen molar-refractivity contribution in [1.29, 1.82) is 0 Å². The zero-order valence-electron chi connectivity index (χ0n) is 24.1. The molecule has 3 aliphatic rings. The third-order valence-electron chi connectivity index (χ3n) is 8.10. The molecular weight excluding hydrogens is 564 g/mol. The summed E-state index contributed by atoms with van der Waals surface area (Å²) in [5.74, 6) is 1.40. The predicted molar refractivity (Wildman–Crippen MR) is 171 cm³/mol. The summed E-state index contributed by atoms with van der Waals surface area (Å²) >= 11 is 6.40. The first-order chi connectivity index (χ1) is 20.9. The number of nitrogens with zero attached hydrogens (tertiary/aromatic N) is 4. The number of hydrogen-bond donors (Lipinski definition) is 4. The Hall–Kier alpha value is -4.44. The molecule has 4 heterocycles. The molecule has 6 bridgehead atoms. The fraction of sp³-hybridized carbons (Fsp3) is 0.344. The third kappa shape index (κ3) is 7.32. The van der Waals surface area contributed by atoms with Crippen molar-refractivity contribution in [3.05, 3.63) is 76.7 Å². The number of fused-ring (bicyclic) bond motifs is 6. The fourth-order valence-corrected chi connectivity index (χ4v) is 5.91. The maximum Gasteiger partial charge on any atom is 0.321 e. The third-order valence-corrected chi connectivity index (χ3v) is 8.37. The molecule has 4 N–H and O–H groups in total. The molecule has 0 saturated carbocycles. The van der Waals surface area contributed by atoms with E-state index in [4.69, 9.17) is 11.6 Å². The Morgan fingerprint density at radius 1 is 1.07 bits per heavy atom. The molecule has 0 radical (unpaired) electrons. The number of likely N-dealkylation sites (tertiary alicyclic amines) is 1. The van der Waals surface area contributed by atoms with Crippen molar-refractivity contribution in [2.45, 2.75) is 45.4 Å². The summed E-state index contributed by atoms with van der Waals surface area (Å²) in [5, 5.41) is 13.1. The molecule has 1 unspecified atom stereocenters. The zero-order chi connectivity index (χ0) is 29.8. The summed E-state index contributed by atoms with van der Waals surface area (Å²) < 4.78 is 0. The van der Waals surface area contributed by atoms with Crippen molar-refractivity contribution in [2.75, 3.05) is 34.4 Å². The van der Waals surface area contributed by atoms with Gasteiger partial charge >= 0.3 is 6.03 Å². The monoisotopic (exact) mass is 598 g/mol. The van der Waals surface area contributed by atoms with Gasteiger partial charge in [-0.25, -0.2) is 9.78 Å². The Morgan fingerprint density at radius 2 is 1.93 bits per heavy atom. The second-order valence-electron chi connectivity index (χ2n) is 11.4. The summed E-state index contributed by atoms with van der Waals surface area (Å²) in [6.45, 7) is 3.26. The number of halogens is 1. The second-order valence-corrected chi connectivity index (χ2v) is 11.9. The minimum atomic E-state index is -0.0944. The SMILES string of the molecule is Cc1cccc(NC(=O)N2CCC(CC(=O)Nc3ccc4cc3CCC3C=NC=C(C3)Nc3ncc(Cl)c(n3)N4)CC2)c1. The van der Waals surface area contributed by atoms with Gasteiger partial charge in [0.1, 0.15) is 5.02 Å². The number of allylic oxidation sites excluding steroid dienone is 1. The van der Waals surface area contributed by atoms with Crippen LogP contribution in [0.3, 0.4) is 0 Å². The van der Waals surface area contributed by atoms with E-state index >= 15 is 0 Å². The number of benzene rings is 2. The second kappa shape index (κ2) is 12.8. The molecular formula is C32H35ClN8O2. The molecule has 222 valence electrons. The maximum absolute atomic E-state index is 13.2. The van der Waals surface area contributed by atoms with Crippen LogP contribution in [0.25, 0.3) is 0 Å². The molecule has 1 aromatic heterocycles. The highest BCUT2D eigenvalue weighted by Gasteiger charge is 2.25. The minimum Gasteiger partial charge on any atom is -0.339 e. The number of aryl methyl sites for hydroxylation is 2. The van der Waals surface area contributed by atoms with Crippen molar-refractivity contribution in [3.8, 4) is 0 Å². The normalized spacial score (nSPS) is 18.1. The number of anilines is 5. The minimum absolute atomic E-state index is 0.0142. The highest BCUT2D eigenvalue weighted by Crippen LogP contribution is 2.31. The molecule has 10 nitrogen and oxygen atoms in total. The van der Waals surface area contributed by atoms with Gasteiger partial charge in [0, 0.05) is 60.6 Å². The van der Waals surface area contributed by atoms with Crippen LogP contribution in [0, 0.1) is 18.8 Å². The number of amides is 3. The van der Waals surface area contributed by atoms with Gasteiger partial charge in [-0.2, -0.15) is 4.98 Å². The molecule has 43 heavy (non-hydrogen) atoms. The van der Waals surface area contributed by atoms with E-state index in [0.717, 1.165) is 66.0 Å². The summed E-state index contributed by atoms with van der Waals surface area (Å²) in [4.78, 5) is 41.1. The fourth-order valence-electron chi connectivity index (χ4n) is 5.77. The van der Waals surface area contributed by atoms with Crippen LogP contribution >= 0.6 is 11.6 Å². The molecule has 0 spiro atoms. The number of piperidine rings is 1. The summed E-state index contributed by atoms with van der Waals surface area (Å²) in [7, 11) is 0. The van der Waals surface area contributed by atoms with Crippen molar-refractivity contribution < 1.29 is 9.59 Å². The van der Waals surface area contributed by atoms with Gasteiger partial charge in [-0.15, -0.1) is 0 Å². The molecule has 3 aliphatic heterocycles. The summed E-state index contributed by atoms with van der Waals surface area (Å²) in [6, 6.07) is 13.6. The molecule has 1 fully saturated rings. The lowest BCUT2D eigenvalue weighted by Gasteiger charge is -2.31. The topological polar surface area (TPSA) is 124 Å². The number of carbonyl (C=O) groups is 2. The lowest BCUT2D eigenvalue weighted by Crippen LogP contribution is -2.41. The van der Waals surface area contributed by atoms with Gasteiger partial charge in [-0.05, 0) is 86.4 Å². The largest absolute Gasteiger partial charge is 0.339 e. The zero-order valence-corrected chi connectivity index (χ0v) is 24.8. The maximum atomic E-state index is 13.2. The van der Waals surface area contributed by atoms with Crippen LogP contribution < -0.4 is 21.3 Å². The van der Waals surface area contributed by atoms with Gasteiger partial charge < -0.3 is 26.2 Å². The van der Waals surface area contributed by atoms with Crippen LogP contribution in [0.4, 0.5) is 33.6 Å². The molecule has 3 aromatic rings. The van der Waals surface area contributed by atoms with Gasteiger partial charge in [0.05, 0.1) is 6.20 Å². The molecule has 6 rings (SSSR count). The van der Waals surface area contributed by atoms with Gasteiger partial charge in [-0.3, -0.25) is 9.79 Å². The van der Waals surface area contributed by atoms with Gasteiger partial charge in [0.15, 0.2) is 5.82 Å². The van der Waals surface area contributed by atoms with E-state index in [1.165, 1.54) is 0 Å². The predicted octanol–water partition coefficient (Wildman–Crippen LogP) is 6.74. The molecule has 11 heteroatoms. The van der Waals surface area contributed by atoms with Crippen molar-refractivity contribution >= 4 is 58.6 Å². The van der Waals surface area contributed by atoms with E-state index in [9.17, 15) is 9.59 Å². The van der Waals surface area contributed by atoms with E-state index in [-0.39, 0.29) is 23.8 Å². The van der Waals surface area contributed by atoms with E-state index in [1.807, 2.05) is 60.5 Å². The van der Waals surface area contributed by atoms with Crippen LogP contribution in [0.1, 0.15) is 43.2 Å². The number of hydrogen-bond acceptors (Lipinski definition) is 7. The van der Waals surface area contributed by atoms with Gasteiger partial charge in [0.2, 0.25) is 11.9 Å². The smallest absolute Gasteiger partial charge is 0.321 e. The van der Waals surface area contributed by atoms with Crippen molar-refractivity contribution in [3.63, 3.8) is 0 Å². The van der Waals surface area contributed by atoms with Crippen molar-refractivity contribution in [2.24, 2.45) is 16.8 Å². The Balaban J connectivity index is 1.09. The number of nitrogens with one attached hydrogen (secondary N) is 4. The Kier molecular flexibility index (Phi) is 8.55. The van der Waals surface area contributed by atoms with Crippen LogP contribution in [-0.2, 0) is 11.2 Å². The first-order valence-corrected chi connectivity index (χ1v) is 15.1. The van der Waals surface area contributed by atoms with Crippen molar-refractivity contribution in [1.82, 2.24) is 14.9 Å². The number of aliphatic imine (C=N–C) groups is 1. The van der Waals surface area contributed by atoms with E-state index in [2.05, 4.69) is 36.2 Å². The Bertz CT molecular complexity index is 1580. The summed E-state index contributed by atoms with van der Waals surface area (Å²) in [5.41, 5.74) is 5.50.